The summed E-state index contributed by atoms with van der Waals surface area (Å²) in [7, 11) is -3.63. The van der Waals surface area contributed by atoms with Crippen LogP contribution in [0.1, 0.15) is 44.0 Å². The molecule has 3 N–H and O–H groups in total. The van der Waals surface area contributed by atoms with E-state index in [1.165, 1.54) is 6.20 Å². The van der Waals surface area contributed by atoms with E-state index in [9.17, 15) is 8.42 Å². The monoisotopic (exact) mass is 347 g/mol. The normalized spacial score (nSPS) is 26.7. The van der Waals surface area contributed by atoms with Crippen LogP contribution in [-0.2, 0) is 10.0 Å². The first-order chi connectivity index (χ1) is 9.79. The number of nitrogens with zero attached hydrogens (tertiary/aromatic N) is 1. The highest BCUT2D eigenvalue weighted by Gasteiger charge is 2.41. The van der Waals surface area contributed by atoms with Crippen LogP contribution >= 0.6 is 23.6 Å². The number of thiazole rings is 1. The van der Waals surface area contributed by atoms with E-state index in [-0.39, 0.29) is 9.20 Å². The number of rotatable bonds is 5. The van der Waals surface area contributed by atoms with E-state index in [4.69, 9.17) is 18.0 Å². The first-order valence-electron chi connectivity index (χ1n) is 7.05. The number of nitrogens with one attached hydrogen (secondary N) is 1. The summed E-state index contributed by atoms with van der Waals surface area (Å²) in [5.41, 5.74) is 5.08. The van der Waals surface area contributed by atoms with Crippen molar-refractivity contribution in [2.45, 2.75) is 55.7 Å². The van der Waals surface area contributed by atoms with Gasteiger partial charge in [-0.05, 0) is 38.5 Å². The highest BCUT2D eigenvalue weighted by molar-refractivity contribution is 7.91. The fourth-order valence-electron chi connectivity index (χ4n) is 2.75. The van der Waals surface area contributed by atoms with Crippen LogP contribution in [0.3, 0.4) is 0 Å². The Morgan fingerprint density at radius 1 is 1.57 bits per heavy atom. The van der Waals surface area contributed by atoms with Crippen LogP contribution < -0.4 is 10.5 Å². The maximum Gasteiger partial charge on any atom is 0.252 e. The Balaban J connectivity index is 2.23. The van der Waals surface area contributed by atoms with Gasteiger partial charge in [0.15, 0.2) is 4.21 Å². The zero-order valence-electron chi connectivity index (χ0n) is 12.3. The molecule has 2 rings (SSSR count). The molecular weight excluding hydrogens is 326 g/mol. The lowest BCUT2D eigenvalue weighted by molar-refractivity contribution is 0.269. The second-order valence-corrected chi connectivity index (χ2v) is 9.19. The summed E-state index contributed by atoms with van der Waals surface area (Å²) >= 11 is 6.32. The number of sulfonamides is 1. The minimum Gasteiger partial charge on any atom is -0.392 e. The quantitative estimate of drug-likeness (QED) is 0.799. The lowest BCUT2D eigenvalue weighted by Crippen LogP contribution is -2.58. The lowest BCUT2D eigenvalue weighted by atomic mass is 9.76. The molecule has 1 aliphatic rings. The summed E-state index contributed by atoms with van der Waals surface area (Å²) in [5.74, 6) is 0.627. The van der Waals surface area contributed by atoms with E-state index < -0.39 is 15.6 Å². The summed E-state index contributed by atoms with van der Waals surface area (Å²) in [4.78, 5) is 4.24. The van der Waals surface area contributed by atoms with Gasteiger partial charge in [0.05, 0.1) is 21.7 Å². The van der Waals surface area contributed by atoms with E-state index in [0.29, 0.717) is 18.8 Å². The fraction of sp³-hybridized carbons (Fsp3) is 0.692. The summed E-state index contributed by atoms with van der Waals surface area (Å²) < 4.78 is 28.0. The summed E-state index contributed by atoms with van der Waals surface area (Å²) in [6, 6.07) is 0. The van der Waals surface area contributed by atoms with Gasteiger partial charge in [-0.2, -0.15) is 4.72 Å². The zero-order valence-corrected chi connectivity index (χ0v) is 14.7. The van der Waals surface area contributed by atoms with Crippen molar-refractivity contribution in [3.05, 3.63) is 11.2 Å². The molecule has 118 valence electrons. The van der Waals surface area contributed by atoms with Crippen molar-refractivity contribution in [3.63, 3.8) is 0 Å². The van der Waals surface area contributed by atoms with Gasteiger partial charge in [-0.25, -0.2) is 13.4 Å². The Hall–Kier alpha value is -0.570. The van der Waals surface area contributed by atoms with Gasteiger partial charge in [-0.3, -0.25) is 0 Å². The van der Waals surface area contributed by atoms with Gasteiger partial charge in [-0.15, -0.1) is 11.3 Å². The highest BCUT2D eigenvalue weighted by atomic mass is 32.2. The molecule has 8 heteroatoms. The lowest BCUT2D eigenvalue weighted by Gasteiger charge is -2.39. The van der Waals surface area contributed by atoms with Gasteiger partial charge in [0.1, 0.15) is 0 Å². The number of hydrogen-bond donors (Lipinski definition) is 2. The summed E-state index contributed by atoms with van der Waals surface area (Å²) in [6.07, 6.45) is 5.70. The second-order valence-electron chi connectivity index (χ2n) is 5.60. The van der Waals surface area contributed by atoms with Crippen molar-refractivity contribution in [3.8, 4) is 0 Å². The average Bonchev–Trinajstić information content (AvgIpc) is 2.86. The van der Waals surface area contributed by atoms with Gasteiger partial charge >= 0.3 is 0 Å². The van der Waals surface area contributed by atoms with Crippen molar-refractivity contribution in [2.24, 2.45) is 11.7 Å². The molecule has 21 heavy (non-hydrogen) atoms. The van der Waals surface area contributed by atoms with Gasteiger partial charge in [0.25, 0.3) is 10.0 Å². The maximum atomic E-state index is 12.5. The average molecular weight is 348 g/mol. The number of thiocarbonyl (C=S) groups is 1. The Morgan fingerprint density at radius 3 is 2.62 bits per heavy atom. The molecule has 5 nitrogen and oxygen atoms in total. The molecule has 0 amide bonds. The first-order valence-corrected chi connectivity index (χ1v) is 9.76. The Labute approximate surface area is 135 Å². The van der Waals surface area contributed by atoms with Gasteiger partial charge in [-0.1, -0.05) is 25.6 Å². The largest absolute Gasteiger partial charge is 0.392 e. The second kappa shape index (κ2) is 6.28. The van der Waals surface area contributed by atoms with Crippen LogP contribution in [0.15, 0.2) is 10.4 Å². The molecule has 0 spiro atoms. The number of aromatic nitrogens is 1. The van der Waals surface area contributed by atoms with Crippen LogP contribution in [0.2, 0.25) is 0 Å². The third kappa shape index (κ3) is 3.61. The minimum atomic E-state index is -3.63. The minimum absolute atomic E-state index is 0.216. The summed E-state index contributed by atoms with van der Waals surface area (Å²) in [5, 5.41) is 0.717. The smallest absolute Gasteiger partial charge is 0.252 e. The molecule has 0 bridgehead atoms. The van der Waals surface area contributed by atoms with Crippen LogP contribution in [0.5, 0.6) is 0 Å². The van der Waals surface area contributed by atoms with E-state index in [2.05, 4.69) is 16.6 Å². The standard InChI is InChI=1S/C13H21N3O2S3/c1-3-10-4-6-13(7-5-10,12(14)19)16-21(17,18)11-8-15-9(2)20-11/h8,10,16H,3-7H2,1-2H3,(H2,14,19). The topological polar surface area (TPSA) is 85.1 Å². The van der Waals surface area contributed by atoms with Crippen molar-refractivity contribution in [2.75, 3.05) is 0 Å². The predicted octanol–water partition coefficient (Wildman–Crippen LogP) is 2.35. The third-order valence-electron chi connectivity index (χ3n) is 4.20. The molecule has 1 aromatic heterocycles. The van der Waals surface area contributed by atoms with Crippen molar-refractivity contribution >= 4 is 38.6 Å². The molecule has 0 aromatic carbocycles. The Bertz CT molecular complexity index is 616. The van der Waals surface area contributed by atoms with E-state index in [1.807, 2.05) is 0 Å². The van der Waals surface area contributed by atoms with E-state index in [1.54, 1.807) is 6.92 Å². The Morgan fingerprint density at radius 2 is 2.19 bits per heavy atom. The van der Waals surface area contributed by atoms with E-state index in [0.717, 1.165) is 35.6 Å². The molecule has 1 aromatic rings. The van der Waals surface area contributed by atoms with E-state index >= 15 is 0 Å². The number of aryl methyl sites for hydroxylation is 1. The van der Waals surface area contributed by atoms with Crippen molar-refractivity contribution in [1.82, 2.24) is 9.71 Å². The summed E-state index contributed by atoms with van der Waals surface area (Å²) in [6.45, 7) is 3.93. The van der Waals surface area contributed by atoms with Crippen LogP contribution in [-0.4, -0.2) is 23.9 Å². The molecule has 0 radical (unpaired) electrons. The predicted molar refractivity (Wildman–Crippen MR) is 88.9 cm³/mol. The van der Waals surface area contributed by atoms with Gasteiger partial charge in [0.2, 0.25) is 0 Å². The van der Waals surface area contributed by atoms with Crippen molar-refractivity contribution < 1.29 is 8.42 Å². The third-order valence-corrected chi connectivity index (χ3v) is 7.50. The molecule has 0 aliphatic heterocycles. The van der Waals surface area contributed by atoms with Gasteiger partial charge < -0.3 is 5.73 Å². The molecule has 1 heterocycles. The number of hydrogen-bond acceptors (Lipinski definition) is 5. The van der Waals surface area contributed by atoms with Crippen LogP contribution in [0.4, 0.5) is 0 Å². The van der Waals surface area contributed by atoms with Crippen LogP contribution in [0.25, 0.3) is 0 Å². The van der Waals surface area contributed by atoms with Crippen molar-refractivity contribution in [1.29, 1.82) is 0 Å². The van der Waals surface area contributed by atoms with Crippen LogP contribution in [0, 0.1) is 12.8 Å². The van der Waals surface area contributed by atoms with Gasteiger partial charge in [0, 0.05) is 0 Å². The molecule has 0 unspecified atom stereocenters. The SMILES string of the molecule is CCC1CCC(NS(=O)(=O)c2cnc(C)s2)(C(N)=S)CC1. The number of nitrogens with two attached hydrogens (primary N) is 1. The molecule has 0 saturated heterocycles. The highest BCUT2D eigenvalue weighted by Crippen LogP contribution is 2.35. The molecular formula is C13H21N3O2S3. The molecule has 1 fully saturated rings. The molecule has 1 aliphatic carbocycles. The molecule has 0 atom stereocenters. The zero-order chi connectivity index (χ0) is 15.7. The maximum absolute atomic E-state index is 12.5. The Kier molecular flexibility index (Phi) is 5.02. The first kappa shape index (κ1) is 16.8. The fourth-order valence-corrected chi connectivity index (χ4v) is 5.62. The molecule has 1 saturated carbocycles.